The maximum absolute atomic E-state index is 12.1. The number of rotatable bonds is 6. The van der Waals surface area contributed by atoms with Crippen LogP contribution in [0.4, 0.5) is 5.69 Å². The van der Waals surface area contributed by atoms with Crippen molar-refractivity contribution in [3.63, 3.8) is 0 Å². The van der Waals surface area contributed by atoms with E-state index in [2.05, 4.69) is 4.72 Å². The molecule has 0 fully saturated rings. The van der Waals surface area contributed by atoms with E-state index < -0.39 is 10.0 Å². The second-order valence-corrected chi connectivity index (χ2v) is 6.85. The third-order valence-electron chi connectivity index (χ3n) is 3.14. The fourth-order valence-electron chi connectivity index (χ4n) is 1.91. The molecule has 0 unspecified atom stereocenters. The van der Waals surface area contributed by atoms with Crippen molar-refractivity contribution in [1.82, 2.24) is 4.72 Å². The lowest BCUT2D eigenvalue weighted by Gasteiger charge is -2.09. The number of methoxy groups -OCH3 is 1. The van der Waals surface area contributed by atoms with Crippen molar-refractivity contribution < 1.29 is 13.2 Å². The van der Waals surface area contributed by atoms with E-state index >= 15 is 0 Å². The Morgan fingerprint density at radius 2 is 1.86 bits per heavy atom. The van der Waals surface area contributed by atoms with Gasteiger partial charge in [-0.15, -0.1) is 0 Å². The van der Waals surface area contributed by atoms with Gasteiger partial charge in [0, 0.05) is 17.3 Å². The number of sulfonamides is 1. The molecule has 0 aliphatic carbocycles. The largest absolute Gasteiger partial charge is 0.497 e. The van der Waals surface area contributed by atoms with E-state index in [9.17, 15) is 8.42 Å². The van der Waals surface area contributed by atoms with Gasteiger partial charge in [-0.2, -0.15) is 0 Å². The summed E-state index contributed by atoms with van der Waals surface area (Å²) in [5.41, 5.74) is 6.91. The zero-order valence-corrected chi connectivity index (χ0v) is 13.6. The third kappa shape index (κ3) is 4.13. The normalized spacial score (nSPS) is 11.4. The van der Waals surface area contributed by atoms with Crippen molar-refractivity contribution in [3.8, 4) is 5.75 Å². The summed E-state index contributed by atoms with van der Waals surface area (Å²) < 4.78 is 31.8. The van der Waals surface area contributed by atoms with Gasteiger partial charge in [0.05, 0.1) is 12.0 Å². The zero-order valence-electron chi connectivity index (χ0n) is 12.0. The first-order chi connectivity index (χ1) is 10.4. The van der Waals surface area contributed by atoms with Crippen LogP contribution in [0.3, 0.4) is 0 Å². The van der Waals surface area contributed by atoms with Crippen molar-refractivity contribution >= 4 is 27.3 Å². The molecule has 0 amide bonds. The summed E-state index contributed by atoms with van der Waals surface area (Å²) in [6, 6.07) is 11.3. The van der Waals surface area contributed by atoms with Crippen LogP contribution >= 0.6 is 11.6 Å². The summed E-state index contributed by atoms with van der Waals surface area (Å²) in [6.07, 6.45) is 0.483. The second kappa shape index (κ2) is 7.00. The third-order valence-corrected chi connectivity index (χ3v) is 4.97. The second-order valence-electron chi connectivity index (χ2n) is 4.67. The highest BCUT2D eigenvalue weighted by molar-refractivity contribution is 7.89. The van der Waals surface area contributed by atoms with Crippen molar-refractivity contribution in [2.45, 2.75) is 11.3 Å². The molecule has 0 bridgehead atoms. The first-order valence-corrected chi connectivity index (χ1v) is 8.46. The average molecular weight is 341 g/mol. The van der Waals surface area contributed by atoms with Crippen molar-refractivity contribution in [3.05, 3.63) is 53.1 Å². The van der Waals surface area contributed by atoms with Crippen LogP contribution in [-0.2, 0) is 16.4 Å². The number of benzene rings is 2. The summed E-state index contributed by atoms with van der Waals surface area (Å²) >= 11 is 6.12. The molecule has 0 radical (unpaired) electrons. The summed E-state index contributed by atoms with van der Waals surface area (Å²) in [7, 11) is -1.98. The number of nitrogens with two attached hydrogens (primary N) is 1. The first kappa shape index (κ1) is 16.6. The van der Waals surface area contributed by atoms with E-state index in [1.165, 1.54) is 12.1 Å². The van der Waals surface area contributed by atoms with Crippen LogP contribution < -0.4 is 15.2 Å². The maximum atomic E-state index is 12.1. The van der Waals surface area contributed by atoms with Crippen LogP contribution in [0.1, 0.15) is 5.56 Å². The Labute approximate surface area is 135 Å². The Morgan fingerprint density at radius 1 is 1.18 bits per heavy atom. The van der Waals surface area contributed by atoms with E-state index in [-0.39, 0.29) is 11.4 Å². The molecule has 2 aromatic rings. The number of halogens is 1. The predicted octanol–water partition coefficient (Wildman–Crippen LogP) is 2.45. The molecular formula is C15H17ClN2O3S. The van der Waals surface area contributed by atoms with E-state index in [4.69, 9.17) is 22.1 Å². The molecular weight excluding hydrogens is 324 g/mol. The minimum absolute atomic E-state index is 0.183. The molecule has 5 nitrogen and oxygen atoms in total. The molecule has 0 saturated carbocycles. The lowest BCUT2D eigenvalue weighted by atomic mass is 10.1. The first-order valence-electron chi connectivity index (χ1n) is 6.60. The minimum Gasteiger partial charge on any atom is -0.497 e. The van der Waals surface area contributed by atoms with Gasteiger partial charge >= 0.3 is 0 Å². The van der Waals surface area contributed by atoms with Gasteiger partial charge in [0.15, 0.2) is 0 Å². The topological polar surface area (TPSA) is 81.4 Å². The number of anilines is 1. The van der Waals surface area contributed by atoms with E-state index in [1.54, 1.807) is 31.4 Å². The molecule has 0 aliphatic heterocycles. The van der Waals surface area contributed by atoms with Crippen LogP contribution in [0.25, 0.3) is 0 Å². The number of nitrogen functional groups attached to an aromatic ring is 1. The molecule has 0 atom stereocenters. The molecule has 0 aliphatic rings. The highest BCUT2D eigenvalue weighted by Gasteiger charge is 2.13. The van der Waals surface area contributed by atoms with E-state index in [1.807, 2.05) is 6.07 Å². The summed E-state index contributed by atoms with van der Waals surface area (Å²) in [5.74, 6) is 0.663. The van der Waals surface area contributed by atoms with Crippen molar-refractivity contribution in [2.24, 2.45) is 0 Å². The van der Waals surface area contributed by atoms with Gasteiger partial charge in [0.2, 0.25) is 10.0 Å². The fraction of sp³-hybridized carbons (Fsp3) is 0.200. The lowest BCUT2D eigenvalue weighted by molar-refractivity contribution is 0.414. The van der Waals surface area contributed by atoms with Crippen molar-refractivity contribution in [2.75, 3.05) is 19.4 Å². The van der Waals surface area contributed by atoms with Crippen LogP contribution in [-0.4, -0.2) is 22.1 Å². The Morgan fingerprint density at radius 3 is 2.45 bits per heavy atom. The number of hydrogen-bond donors (Lipinski definition) is 2. The van der Waals surface area contributed by atoms with Crippen LogP contribution in [0, 0.1) is 0 Å². The molecule has 118 valence electrons. The number of nitrogens with one attached hydrogen (secondary N) is 1. The van der Waals surface area contributed by atoms with E-state index in [0.717, 1.165) is 5.56 Å². The Balaban J connectivity index is 1.99. The van der Waals surface area contributed by atoms with Crippen LogP contribution in [0.5, 0.6) is 5.75 Å². The van der Waals surface area contributed by atoms with Gasteiger partial charge in [-0.3, -0.25) is 0 Å². The fourth-order valence-corrected chi connectivity index (χ4v) is 3.21. The van der Waals surface area contributed by atoms with Gasteiger partial charge in [-0.25, -0.2) is 13.1 Å². The highest BCUT2D eigenvalue weighted by Crippen LogP contribution is 2.22. The summed E-state index contributed by atoms with van der Waals surface area (Å²) in [4.78, 5) is 0.183. The highest BCUT2D eigenvalue weighted by atomic mass is 35.5. The Kier molecular flexibility index (Phi) is 5.28. The molecule has 3 N–H and O–H groups in total. The standard InChI is InChI=1S/C15H17ClN2O3S/c1-21-13-5-2-11(15(16)10-13)8-9-18-22(19,20)14-6-3-12(17)4-7-14/h2-7,10,18H,8-9,17H2,1H3. The van der Waals surface area contributed by atoms with Gasteiger partial charge in [0.25, 0.3) is 0 Å². The maximum Gasteiger partial charge on any atom is 0.240 e. The SMILES string of the molecule is COc1ccc(CCNS(=O)(=O)c2ccc(N)cc2)c(Cl)c1. The molecule has 0 spiro atoms. The quantitative estimate of drug-likeness (QED) is 0.791. The zero-order chi connectivity index (χ0) is 16.2. The summed E-state index contributed by atoms with van der Waals surface area (Å²) in [5, 5.41) is 0.547. The van der Waals surface area contributed by atoms with Gasteiger partial charge in [0.1, 0.15) is 5.75 Å². The molecule has 2 aromatic carbocycles. The monoisotopic (exact) mass is 340 g/mol. The molecule has 0 aromatic heterocycles. The number of hydrogen-bond acceptors (Lipinski definition) is 4. The Hall–Kier alpha value is -1.76. The molecule has 0 heterocycles. The molecule has 22 heavy (non-hydrogen) atoms. The van der Waals surface area contributed by atoms with Crippen molar-refractivity contribution in [1.29, 1.82) is 0 Å². The molecule has 2 rings (SSSR count). The minimum atomic E-state index is -3.55. The van der Waals surface area contributed by atoms with Gasteiger partial charge < -0.3 is 10.5 Å². The van der Waals surface area contributed by atoms with Gasteiger partial charge in [-0.1, -0.05) is 17.7 Å². The predicted molar refractivity (Wildman–Crippen MR) is 87.8 cm³/mol. The average Bonchev–Trinajstić information content (AvgIpc) is 2.49. The van der Waals surface area contributed by atoms with Crippen LogP contribution in [0.15, 0.2) is 47.4 Å². The van der Waals surface area contributed by atoms with Gasteiger partial charge in [-0.05, 0) is 48.4 Å². The van der Waals surface area contributed by atoms with Crippen LogP contribution in [0.2, 0.25) is 5.02 Å². The lowest BCUT2D eigenvalue weighted by Crippen LogP contribution is -2.26. The number of ether oxygens (including phenoxy) is 1. The molecule has 7 heteroatoms. The van der Waals surface area contributed by atoms with E-state index in [0.29, 0.717) is 22.9 Å². The summed E-state index contributed by atoms with van der Waals surface area (Å²) in [6.45, 7) is 0.249. The Bertz CT molecular complexity index is 746. The smallest absolute Gasteiger partial charge is 0.240 e. The molecule has 0 saturated heterocycles.